The molecule has 0 radical (unpaired) electrons. The van der Waals surface area contributed by atoms with Crippen LogP contribution in [-0.4, -0.2) is 6.29 Å². The molecule has 0 bridgehead atoms. The van der Waals surface area contributed by atoms with E-state index in [4.69, 9.17) is 4.74 Å². The maximum Gasteiger partial charge on any atom is 0.150 e. The van der Waals surface area contributed by atoms with E-state index in [1.165, 1.54) is 12.1 Å². The summed E-state index contributed by atoms with van der Waals surface area (Å²) in [5, 5.41) is 0. The van der Waals surface area contributed by atoms with E-state index in [2.05, 4.69) is 0 Å². The van der Waals surface area contributed by atoms with Crippen LogP contribution in [0.25, 0.3) is 0 Å². The third kappa shape index (κ3) is 3.34. The van der Waals surface area contributed by atoms with Crippen molar-refractivity contribution in [2.45, 2.75) is 6.61 Å². The lowest BCUT2D eigenvalue weighted by molar-refractivity contribution is 0.112. The van der Waals surface area contributed by atoms with Crippen molar-refractivity contribution in [2.75, 3.05) is 0 Å². The van der Waals surface area contributed by atoms with E-state index in [0.717, 1.165) is 24.3 Å². The first-order valence-electron chi connectivity index (χ1n) is 5.41. The lowest BCUT2D eigenvalue weighted by Gasteiger charge is -2.08. The van der Waals surface area contributed by atoms with Gasteiger partial charge in [0.25, 0.3) is 0 Å². The molecule has 19 heavy (non-hydrogen) atoms. The molecule has 2 aromatic rings. The fraction of sp³-hybridized carbons (Fsp3) is 0.0714. The highest BCUT2D eigenvalue weighted by molar-refractivity contribution is 5.75. The minimum Gasteiger partial charge on any atom is -0.489 e. The van der Waals surface area contributed by atoms with Crippen molar-refractivity contribution in [2.24, 2.45) is 0 Å². The van der Waals surface area contributed by atoms with Crippen LogP contribution < -0.4 is 4.74 Å². The Morgan fingerprint density at radius 2 is 1.79 bits per heavy atom. The minimum atomic E-state index is -0.744. The van der Waals surface area contributed by atoms with Crippen molar-refractivity contribution < 1.29 is 22.7 Å². The van der Waals surface area contributed by atoms with Gasteiger partial charge in [-0.3, -0.25) is 4.79 Å². The third-order valence-corrected chi connectivity index (χ3v) is 2.44. The van der Waals surface area contributed by atoms with Crippen LogP contribution in [0.5, 0.6) is 5.75 Å². The SMILES string of the molecule is O=Cc1cc(F)cc(OCc2ccc(F)cc2F)c1. The molecule has 0 saturated heterocycles. The Labute approximate surface area is 107 Å². The van der Waals surface area contributed by atoms with E-state index >= 15 is 0 Å². The lowest BCUT2D eigenvalue weighted by Crippen LogP contribution is -2.00. The van der Waals surface area contributed by atoms with Crippen LogP contribution in [0.1, 0.15) is 15.9 Å². The van der Waals surface area contributed by atoms with Crippen molar-refractivity contribution in [1.29, 1.82) is 0 Å². The lowest BCUT2D eigenvalue weighted by atomic mass is 10.2. The molecule has 2 rings (SSSR count). The number of rotatable bonds is 4. The zero-order chi connectivity index (χ0) is 13.8. The quantitative estimate of drug-likeness (QED) is 0.792. The number of halogens is 3. The van der Waals surface area contributed by atoms with Crippen LogP contribution in [-0.2, 0) is 6.61 Å². The summed E-state index contributed by atoms with van der Waals surface area (Å²) in [7, 11) is 0. The molecule has 0 saturated carbocycles. The van der Waals surface area contributed by atoms with Gasteiger partial charge in [0.05, 0.1) is 0 Å². The first-order chi connectivity index (χ1) is 9.08. The average molecular weight is 266 g/mol. The molecule has 98 valence electrons. The van der Waals surface area contributed by atoms with Gasteiger partial charge in [0.2, 0.25) is 0 Å². The van der Waals surface area contributed by atoms with Gasteiger partial charge in [0.15, 0.2) is 0 Å². The summed E-state index contributed by atoms with van der Waals surface area (Å²) in [5.74, 6) is -1.95. The molecule has 0 spiro atoms. The first kappa shape index (κ1) is 13.1. The number of hydrogen-bond donors (Lipinski definition) is 0. The number of ether oxygens (including phenoxy) is 1. The van der Waals surface area contributed by atoms with Crippen molar-refractivity contribution in [3.05, 3.63) is 65.0 Å². The highest BCUT2D eigenvalue weighted by Gasteiger charge is 2.06. The Kier molecular flexibility index (Phi) is 3.85. The second-order valence-electron chi connectivity index (χ2n) is 3.86. The molecule has 0 fully saturated rings. The highest BCUT2D eigenvalue weighted by Crippen LogP contribution is 2.18. The fourth-order valence-corrected chi connectivity index (χ4v) is 1.54. The number of hydrogen-bond acceptors (Lipinski definition) is 2. The molecule has 0 aromatic heterocycles. The molecule has 0 aliphatic rings. The zero-order valence-electron chi connectivity index (χ0n) is 9.70. The third-order valence-electron chi connectivity index (χ3n) is 2.44. The number of carbonyl (C=O) groups excluding carboxylic acids is 1. The molecule has 0 amide bonds. The van der Waals surface area contributed by atoms with E-state index in [1.54, 1.807) is 0 Å². The summed E-state index contributed by atoms with van der Waals surface area (Å²) >= 11 is 0. The molecule has 2 nitrogen and oxygen atoms in total. The van der Waals surface area contributed by atoms with E-state index in [-0.39, 0.29) is 23.5 Å². The van der Waals surface area contributed by atoms with Crippen molar-refractivity contribution >= 4 is 6.29 Å². The molecular formula is C14H9F3O2. The molecule has 0 aliphatic heterocycles. The molecule has 0 heterocycles. The van der Waals surface area contributed by atoms with Crippen LogP contribution in [0.3, 0.4) is 0 Å². The monoisotopic (exact) mass is 266 g/mol. The Bertz CT molecular complexity index is 612. The van der Waals surface area contributed by atoms with E-state index < -0.39 is 17.5 Å². The fourth-order valence-electron chi connectivity index (χ4n) is 1.54. The number of benzene rings is 2. The molecular weight excluding hydrogens is 257 g/mol. The Hall–Kier alpha value is -2.30. The van der Waals surface area contributed by atoms with Crippen LogP contribution in [0.15, 0.2) is 36.4 Å². The zero-order valence-corrected chi connectivity index (χ0v) is 9.70. The maximum absolute atomic E-state index is 13.3. The van der Waals surface area contributed by atoms with Crippen LogP contribution in [0, 0.1) is 17.5 Å². The van der Waals surface area contributed by atoms with E-state index in [0.29, 0.717) is 6.29 Å². The van der Waals surface area contributed by atoms with Gasteiger partial charge in [-0.1, -0.05) is 0 Å². The van der Waals surface area contributed by atoms with E-state index in [9.17, 15) is 18.0 Å². The van der Waals surface area contributed by atoms with Gasteiger partial charge in [-0.05, 0) is 24.3 Å². The van der Waals surface area contributed by atoms with Crippen molar-refractivity contribution in [3.63, 3.8) is 0 Å². The van der Waals surface area contributed by atoms with Gasteiger partial charge in [-0.2, -0.15) is 0 Å². The summed E-state index contributed by atoms with van der Waals surface area (Å²) in [4.78, 5) is 10.6. The van der Waals surface area contributed by atoms with Gasteiger partial charge < -0.3 is 4.74 Å². The van der Waals surface area contributed by atoms with Gasteiger partial charge in [-0.15, -0.1) is 0 Å². The molecule has 0 unspecified atom stereocenters. The largest absolute Gasteiger partial charge is 0.489 e. The van der Waals surface area contributed by atoms with Gasteiger partial charge in [0, 0.05) is 23.3 Å². The highest BCUT2D eigenvalue weighted by atomic mass is 19.1. The predicted molar refractivity (Wildman–Crippen MR) is 62.5 cm³/mol. The van der Waals surface area contributed by atoms with Gasteiger partial charge in [-0.25, -0.2) is 13.2 Å². The van der Waals surface area contributed by atoms with Crippen molar-refractivity contribution in [3.8, 4) is 5.75 Å². The normalized spacial score (nSPS) is 10.3. The Morgan fingerprint density at radius 3 is 2.47 bits per heavy atom. The van der Waals surface area contributed by atoms with Gasteiger partial charge in [0.1, 0.15) is 36.1 Å². The number of carbonyl (C=O) groups is 1. The minimum absolute atomic E-state index is 0.103. The molecule has 5 heteroatoms. The predicted octanol–water partition coefficient (Wildman–Crippen LogP) is 3.50. The standard InChI is InChI=1S/C14H9F3O2/c15-11-2-1-10(14(17)6-11)8-19-13-4-9(7-18)3-12(16)5-13/h1-7H,8H2. The van der Waals surface area contributed by atoms with Crippen molar-refractivity contribution in [1.82, 2.24) is 0 Å². The molecule has 2 aromatic carbocycles. The second kappa shape index (κ2) is 5.56. The second-order valence-corrected chi connectivity index (χ2v) is 3.86. The van der Waals surface area contributed by atoms with E-state index in [1.807, 2.05) is 0 Å². The topological polar surface area (TPSA) is 26.3 Å². The smallest absolute Gasteiger partial charge is 0.150 e. The molecule has 0 aliphatic carbocycles. The summed E-state index contributed by atoms with van der Waals surface area (Å²) in [6, 6.07) is 6.54. The Balaban J connectivity index is 2.14. The molecule has 0 atom stereocenters. The number of aldehydes is 1. The average Bonchev–Trinajstić information content (AvgIpc) is 2.37. The first-order valence-corrected chi connectivity index (χ1v) is 5.41. The van der Waals surface area contributed by atoms with Crippen LogP contribution >= 0.6 is 0 Å². The Morgan fingerprint density at radius 1 is 1.00 bits per heavy atom. The van der Waals surface area contributed by atoms with Gasteiger partial charge >= 0.3 is 0 Å². The summed E-state index contributed by atoms with van der Waals surface area (Å²) < 4.78 is 44.3. The summed E-state index contributed by atoms with van der Waals surface area (Å²) in [5.41, 5.74) is 0.257. The van der Waals surface area contributed by atoms with Crippen LogP contribution in [0.2, 0.25) is 0 Å². The molecule has 0 N–H and O–H groups in total. The maximum atomic E-state index is 13.3. The summed E-state index contributed by atoms with van der Waals surface area (Å²) in [6.07, 6.45) is 0.481. The summed E-state index contributed by atoms with van der Waals surface area (Å²) in [6.45, 7) is -0.187. The van der Waals surface area contributed by atoms with Crippen LogP contribution in [0.4, 0.5) is 13.2 Å².